The summed E-state index contributed by atoms with van der Waals surface area (Å²) in [6.45, 7) is 2.26. The first kappa shape index (κ1) is 47.8. The zero-order chi connectivity index (χ0) is 53.3. The number of nitrogens with zero attached hydrogens (tertiary/aromatic N) is 2. The molecule has 0 spiro atoms. The molecule has 80 heavy (non-hydrogen) atoms. The third-order valence-electron chi connectivity index (χ3n) is 16.5. The number of allylic oxidation sites excluding steroid dienone is 1. The van der Waals surface area contributed by atoms with Gasteiger partial charge in [0.2, 0.25) is 0 Å². The number of hydrogen-bond acceptors (Lipinski definition) is 2. The molecule has 1 heterocycles. The van der Waals surface area contributed by atoms with E-state index < -0.39 is 0 Å². The van der Waals surface area contributed by atoms with E-state index in [4.69, 9.17) is 4.98 Å². The van der Waals surface area contributed by atoms with Crippen LogP contribution in [0.4, 0.5) is 5.69 Å². The van der Waals surface area contributed by atoms with Gasteiger partial charge in [-0.1, -0.05) is 271 Å². The Morgan fingerprint density at radius 3 is 1.24 bits per heavy atom. The van der Waals surface area contributed by atoms with Gasteiger partial charge in [0.15, 0.2) is 0 Å². The van der Waals surface area contributed by atoms with E-state index in [-0.39, 0.29) is 4.05 Å². The van der Waals surface area contributed by atoms with Crippen molar-refractivity contribution in [3.8, 4) is 33.5 Å². The lowest BCUT2D eigenvalue weighted by Gasteiger charge is -2.35. The number of rotatable bonds is 9. The number of alkyl halides is 1. The molecule has 0 N–H and O–H groups in total. The van der Waals surface area contributed by atoms with E-state index in [1.807, 2.05) is 0 Å². The second-order valence-electron chi connectivity index (χ2n) is 21.0. The molecule has 0 radical (unpaired) electrons. The van der Waals surface area contributed by atoms with Crippen molar-refractivity contribution in [2.45, 2.75) is 11.0 Å². The number of anilines is 1. The monoisotopic (exact) mass is 1130 g/mol. The van der Waals surface area contributed by atoms with Crippen molar-refractivity contribution in [2.24, 2.45) is 0 Å². The van der Waals surface area contributed by atoms with Gasteiger partial charge < -0.3 is 4.90 Å². The summed E-state index contributed by atoms with van der Waals surface area (Å²) in [7, 11) is 0. The molecule has 0 amide bonds. The Hall–Kier alpha value is -9.42. The summed E-state index contributed by atoms with van der Waals surface area (Å²) >= 11 is 2.63. The van der Waals surface area contributed by atoms with Crippen LogP contribution in [0.25, 0.3) is 131 Å². The van der Waals surface area contributed by atoms with E-state index in [9.17, 15) is 0 Å². The predicted molar refractivity (Wildman–Crippen MR) is 352 cm³/mol. The van der Waals surface area contributed by atoms with Crippen molar-refractivity contribution in [2.75, 3.05) is 4.90 Å². The molecule has 15 rings (SSSR count). The molecule has 376 valence electrons. The molecule has 0 aliphatic rings. The first-order valence-electron chi connectivity index (χ1n) is 27.5. The molecule has 2 nitrogen and oxygen atoms in total. The summed E-state index contributed by atoms with van der Waals surface area (Å²) in [6.07, 6.45) is 0. The Kier molecular flexibility index (Phi) is 11.8. The highest BCUT2D eigenvalue weighted by atomic mass is 127. The zero-order valence-electron chi connectivity index (χ0n) is 44.0. The van der Waals surface area contributed by atoms with Gasteiger partial charge in [-0.25, -0.2) is 4.98 Å². The maximum absolute atomic E-state index is 5.76. The largest absolute Gasteiger partial charge is 0.324 e. The van der Waals surface area contributed by atoms with Gasteiger partial charge in [-0.05, 0) is 158 Å². The third kappa shape index (κ3) is 8.02. The fraction of sp³-hybridized carbons (Fsp3) is 0.0260. The lowest BCUT2D eigenvalue weighted by atomic mass is 9.88. The molecular weight excluding hydrogens is 1080 g/mol. The van der Waals surface area contributed by atoms with Crippen LogP contribution in [-0.4, -0.2) is 4.98 Å². The van der Waals surface area contributed by atoms with Crippen LogP contribution in [0.5, 0.6) is 0 Å². The highest BCUT2D eigenvalue weighted by Gasteiger charge is 2.26. The van der Waals surface area contributed by atoms with Gasteiger partial charge in [0.25, 0.3) is 0 Å². The van der Waals surface area contributed by atoms with Crippen LogP contribution in [0.2, 0.25) is 0 Å². The highest BCUT2D eigenvalue weighted by molar-refractivity contribution is 14.1. The summed E-state index contributed by atoms with van der Waals surface area (Å²) in [5.74, 6) is 0. The molecule has 0 aliphatic heterocycles. The van der Waals surface area contributed by atoms with Crippen molar-refractivity contribution in [1.82, 2.24) is 4.98 Å². The number of fused-ring (bicyclic) bond motifs is 15. The van der Waals surface area contributed by atoms with Crippen LogP contribution < -0.4 is 4.90 Å². The van der Waals surface area contributed by atoms with E-state index >= 15 is 0 Å². The zero-order valence-corrected chi connectivity index (χ0v) is 46.1. The third-order valence-corrected chi connectivity index (χ3v) is 17.8. The number of halogens is 1. The Morgan fingerprint density at radius 1 is 0.325 bits per heavy atom. The smallest absolute Gasteiger partial charge is 0.111 e. The van der Waals surface area contributed by atoms with E-state index in [1.165, 1.54) is 87.0 Å². The normalized spacial score (nSPS) is 12.5. The average Bonchev–Trinajstić information content (AvgIpc) is 3.57. The van der Waals surface area contributed by atoms with Crippen molar-refractivity contribution in [3.63, 3.8) is 0 Å². The van der Waals surface area contributed by atoms with Crippen LogP contribution in [0.1, 0.15) is 27.7 Å². The fourth-order valence-electron chi connectivity index (χ4n) is 12.7. The van der Waals surface area contributed by atoms with Gasteiger partial charge in [-0.2, -0.15) is 0 Å². The molecule has 1 unspecified atom stereocenters. The molecule has 1 aromatic heterocycles. The van der Waals surface area contributed by atoms with E-state index in [0.29, 0.717) is 0 Å². The minimum absolute atomic E-state index is 0.0180. The van der Waals surface area contributed by atoms with Gasteiger partial charge in [0, 0.05) is 22.0 Å². The minimum atomic E-state index is -0.0180. The molecule has 0 aliphatic carbocycles. The highest BCUT2D eigenvalue weighted by Crippen LogP contribution is 2.47. The minimum Gasteiger partial charge on any atom is -0.324 e. The van der Waals surface area contributed by atoms with Gasteiger partial charge in [0.1, 0.15) is 4.05 Å². The molecule has 14 aromatic carbocycles. The van der Waals surface area contributed by atoms with E-state index in [0.717, 1.165) is 66.4 Å². The lowest BCUT2D eigenvalue weighted by molar-refractivity contribution is 0.989. The summed E-state index contributed by atoms with van der Waals surface area (Å²) < 4.78 is -0.0180. The van der Waals surface area contributed by atoms with Crippen LogP contribution in [0.15, 0.2) is 285 Å². The Morgan fingerprint density at radius 2 is 0.713 bits per heavy atom. The van der Waals surface area contributed by atoms with E-state index in [2.05, 4.69) is 320 Å². The number of aromatic nitrogens is 1. The molecule has 0 saturated heterocycles. The molecule has 0 bridgehead atoms. The Balaban J connectivity index is 0.961. The first-order chi connectivity index (χ1) is 39.5. The second kappa shape index (κ2) is 19.8. The quantitative estimate of drug-likeness (QED) is 0.0471. The SMILES string of the molecule is C/C(=C(/c1ccccc1)N(c1ccc(-c2cc3c(-c4ccc5c6ccccc6c6ccccc6c5c4)cc(-c4ccc5c6ccccc6c6ccccc6c5c4)nc3c3ccccc23)cc1)C(I)c1ccccc1)c1ccccc1. The van der Waals surface area contributed by atoms with Gasteiger partial charge in [0.05, 0.1) is 16.9 Å². The standard InChI is InChI=1S/C77H51IN2/c1-49(50-21-5-2-6-22-50)76(52-23-7-3-8-24-52)80(77(78)53-25-9-4-10-26-53)56-41-37-51(38-42-56)69-47-73-70(54-39-43-66-61-31-13-11-27-57(61)59-29-15-17-33-63(59)71(66)45-54)48-74(79-75(73)68-36-20-19-35-65(68)69)55-40-44-67-62-32-14-12-28-58(62)60-30-16-18-34-64(60)72(67)46-55/h2-48,77H,1H3/b76-49+. The molecule has 0 fully saturated rings. The van der Waals surface area contributed by atoms with E-state index in [1.54, 1.807) is 0 Å². The molecular formula is C77H51IN2. The Bertz CT molecular complexity index is 4880. The van der Waals surface area contributed by atoms with Crippen molar-refractivity contribution in [1.29, 1.82) is 0 Å². The van der Waals surface area contributed by atoms with Crippen LogP contribution >= 0.6 is 22.6 Å². The molecule has 3 heteroatoms. The predicted octanol–water partition coefficient (Wildman–Crippen LogP) is 21.8. The van der Waals surface area contributed by atoms with Crippen molar-refractivity contribution >= 4 is 126 Å². The Labute approximate surface area is 478 Å². The molecule has 1 atom stereocenters. The van der Waals surface area contributed by atoms with Crippen LogP contribution in [-0.2, 0) is 0 Å². The van der Waals surface area contributed by atoms with Gasteiger partial charge >= 0.3 is 0 Å². The lowest BCUT2D eigenvalue weighted by Crippen LogP contribution is -2.24. The summed E-state index contributed by atoms with van der Waals surface area (Å²) in [4.78, 5) is 8.28. The second-order valence-corrected chi connectivity index (χ2v) is 22.2. The van der Waals surface area contributed by atoms with Gasteiger partial charge in [-0.15, -0.1) is 0 Å². The molecule has 0 saturated carbocycles. The maximum atomic E-state index is 5.76. The summed E-state index contributed by atoms with van der Waals surface area (Å²) in [6, 6.07) is 105. The van der Waals surface area contributed by atoms with Crippen LogP contribution in [0.3, 0.4) is 0 Å². The number of pyridine rings is 1. The van der Waals surface area contributed by atoms with Gasteiger partial charge in [-0.3, -0.25) is 0 Å². The van der Waals surface area contributed by atoms with Crippen molar-refractivity contribution < 1.29 is 0 Å². The topological polar surface area (TPSA) is 16.1 Å². The van der Waals surface area contributed by atoms with Crippen LogP contribution in [0, 0.1) is 0 Å². The molecule has 15 aromatic rings. The average molecular weight is 1130 g/mol. The number of benzene rings is 14. The first-order valence-corrected chi connectivity index (χ1v) is 28.7. The summed E-state index contributed by atoms with van der Waals surface area (Å²) in [5.41, 5.74) is 14.7. The van der Waals surface area contributed by atoms with Crippen molar-refractivity contribution in [3.05, 3.63) is 302 Å². The fourth-order valence-corrected chi connectivity index (χ4v) is 13.7. The summed E-state index contributed by atoms with van der Waals surface area (Å²) in [5, 5.41) is 18.4. The number of hydrogen-bond donors (Lipinski definition) is 0. The maximum Gasteiger partial charge on any atom is 0.111 e.